The van der Waals surface area contributed by atoms with Gasteiger partial charge in [0.1, 0.15) is 11.6 Å². The van der Waals surface area contributed by atoms with E-state index in [2.05, 4.69) is 39.0 Å². The second-order valence-electron chi connectivity index (χ2n) is 6.66. The Labute approximate surface area is 147 Å². The SMILES string of the molecule is Cc1cc(N2CCN(C(=O)CCn3ccnn3)CC2)nc(C(C)C)n1. The second kappa shape index (κ2) is 7.58. The molecule has 0 aliphatic carbocycles. The Morgan fingerprint density at radius 3 is 2.60 bits per heavy atom. The Morgan fingerprint density at radius 2 is 1.96 bits per heavy atom. The molecule has 0 unspecified atom stereocenters. The maximum atomic E-state index is 12.4. The number of amides is 1. The third-order valence-electron chi connectivity index (χ3n) is 4.36. The van der Waals surface area contributed by atoms with Crippen LogP contribution in [0.15, 0.2) is 18.5 Å². The summed E-state index contributed by atoms with van der Waals surface area (Å²) in [7, 11) is 0. The molecule has 1 aliphatic rings. The van der Waals surface area contributed by atoms with Crippen LogP contribution in [-0.2, 0) is 11.3 Å². The minimum Gasteiger partial charge on any atom is -0.353 e. The van der Waals surface area contributed by atoms with Gasteiger partial charge < -0.3 is 9.80 Å². The first-order valence-corrected chi connectivity index (χ1v) is 8.75. The molecule has 0 N–H and O–H groups in total. The van der Waals surface area contributed by atoms with E-state index in [0.29, 0.717) is 18.9 Å². The van der Waals surface area contributed by atoms with Crippen LogP contribution in [0.3, 0.4) is 0 Å². The van der Waals surface area contributed by atoms with Gasteiger partial charge in [-0.25, -0.2) is 9.97 Å². The fraction of sp³-hybridized carbons (Fsp3) is 0.588. The normalized spacial score (nSPS) is 15.0. The topological polar surface area (TPSA) is 80.0 Å². The molecular weight excluding hydrogens is 318 g/mol. The molecule has 25 heavy (non-hydrogen) atoms. The summed E-state index contributed by atoms with van der Waals surface area (Å²) in [6.07, 6.45) is 3.85. The van der Waals surface area contributed by atoms with Crippen LogP contribution < -0.4 is 4.90 Å². The average molecular weight is 343 g/mol. The van der Waals surface area contributed by atoms with Crippen LogP contribution in [0.25, 0.3) is 0 Å². The first kappa shape index (κ1) is 17.3. The van der Waals surface area contributed by atoms with Gasteiger partial charge in [-0.1, -0.05) is 19.1 Å². The lowest BCUT2D eigenvalue weighted by Crippen LogP contribution is -2.49. The highest BCUT2D eigenvalue weighted by molar-refractivity contribution is 5.76. The highest BCUT2D eigenvalue weighted by Crippen LogP contribution is 2.18. The number of piperazine rings is 1. The predicted octanol–water partition coefficient (Wildman–Crippen LogP) is 1.24. The summed E-state index contributed by atoms with van der Waals surface area (Å²) in [6, 6.07) is 2.02. The van der Waals surface area contributed by atoms with Crippen molar-refractivity contribution in [3.63, 3.8) is 0 Å². The number of hydrogen-bond donors (Lipinski definition) is 0. The van der Waals surface area contributed by atoms with Crippen molar-refractivity contribution in [3.8, 4) is 0 Å². The van der Waals surface area contributed by atoms with E-state index in [9.17, 15) is 4.79 Å². The molecule has 0 aromatic carbocycles. The van der Waals surface area contributed by atoms with Gasteiger partial charge in [0.05, 0.1) is 12.7 Å². The Hall–Kier alpha value is -2.51. The standard InChI is InChI=1S/C17H25N7O/c1-13(2)17-19-14(3)12-15(20-17)22-8-10-23(11-9-22)16(25)4-6-24-7-5-18-21-24/h5,7,12-13H,4,6,8-11H2,1-3H3. The zero-order valence-electron chi connectivity index (χ0n) is 15.1. The molecule has 134 valence electrons. The molecule has 2 aromatic heterocycles. The van der Waals surface area contributed by atoms with Crippen molar-refractivity contribution in [1.82, 2.24) is 29.9 Å². The quantitative estimate of drug-likeness (QED) is 0.812. The molecule has 0 saturated carbocycles. The maximum absolute atomic E-state index is 12.4. The number of aromatic nitrogens is 5. The first-order chi connectivity index (χ1) is 12.0. The molecule has 0 atom stereocenters. The summed E-state index contributed by atoms with van der Waals surface area (Å²) in [5, 5.41) is 7.64. The number of rotatable bonds is 5. The molecule has 3 heterocycles. The van der Waals surface area contributed by atoms with Crippen LogP contribution in [0, 0.1) is 6.92 Å². The molecule has 0 bridgehead atoms. The molecule has 8 heteroatoms. The number of carbonyl (C=O) groups is 1. The average Bonchev–Trinajstić information content (AvgIpc) is 3.13. The number of carbonyl (C=O) groups excluding carboxylic acids is 1. The van der Waals surface area contributed by atoms with Crippen molar-refractivity contribution in [1.29, 1.82) is 0 Å². The third kappa shape index (κ3) is 4.32. The smallest absolute Gasteiger partial charge is 0.224 e. The zero-order valence-corrected chi connectivity index (χ0v) is 15.1. The van der Waals surface area contributed by atoms with Crippen molar-refractivity contribution < 1.29 is 4.79 Å². The fourth-order valence-electron chi connectivity index (χ4n) is 2.90. The number of aryl methyl sites for hydroxylation is 2. The van der Waals surface area contributed by atoms with Gasteiger partial charge in [-0.05, 0) is 6.92 Å². The maximum Gasteiger partial charge on any atom is 0.224 e. The number of anilines is 1. The molecule has 3 rings (SSSR count). The van der Waals surface area contributed by atoms with Crippen LogP contribution in [-0.4, -0.2) is 61.9 Å². The van der Waals surface area contributed by atoms with E-state index in [1.54, 1.807) is 17.1 Å². The Morgan fingerprint density at radius 1 is 1.20 bits per heavy atom. The summed E-state index contributed by atoms with van der Waals surface area (Å²) in [5.41, 5.74) is 0.986. The summed E-state index contributed by atoms with van der Waals surface area (Å²) >= 11 is 0. The van der Waals surface area contributed by atoms with Gasteiger partial charge in [0.25, 0.3) is 0 Å². The van der Waals surface area contributed by atoms with Gasteiger partial charge in [0.15, 0.2) is 0 Å². The van der Waals surface area contributed by atoms with Crippen LogP contribution in [0.1, 0.15) is 37.7 Å². The molecule has 2 aromatic rings. The molecule has 0 radical (unpaired) electrons. The molecule has 1 saturated heterocycles. The number of hydrogen-bond acceptors (Lipinski definition) is 6. The van der Waals surface area contributed by atoms with Gasteiger partial charge in [-0.3, -0.25) is 9.48 Å². The molecule has 1 aliphatic heterocycles. The van der Waals surface area contributed by atoms with Crippen molar-refractivity contribution in [2.45, 2.75) is 39.7 Å². The van der Waals surface area contributed by atoms with E-state index in [1.165, 1.54) is 0 Å². The van der Waals surface area contributed by atoms with Gasteiger partial charge in [0.2, 0.25) is 5.91 Å². The monoisotopic (exact) mass is 343 g/mol. The van der Waals surface area contributed by atoms with Crippen LogP contribution >= 0.6 is 0 Å². The predicted molar refractivity (Wildman–Crippen MR) is 94.3 cm³/mol. The first-order valence-electron chi connectivity index (χ1n) is 8.75. The van der Waals surface area contributed by atoms with E-state index in [4.69, 9.17) is 0 Å². The minimum atomic E-state index is 0.164. The highest BCUT2D eigenvalue weighted by Gasteiger charge is 2.22. The number of nitrogens with zero attached hydrogens (tertiary/aromatic N) is 7. The van der Waals surface area contributed by atoms with E-state index >= 15 is 0 Å². The third-order valence-corrected chi connectivity index (χ3v) is 4.36. The molecular formula is C17H25N7O. The van der Waals surface area contributed by atoms with Gasteiger partial charge >= 0.3 is 0 Å². The van der Waals surface area contributed by atoms with Gasteiger partial charge in [-0.15, -0.1) is 5.10 Å². The van der Waals surface area contributed by atoms with Crippen LogP contribution in [0.4, 0.5) is 5.82 Å². The lowest BCUT2D eigenvalue weighted by atomic mass is 10.2. The largest absolute Gasteiger partial charge is 0.353 e. The zero-order chi connectivity index (χ0) is 17.8. The fourth-order valence-corrected chi connectivity index (χ4v) is 2.90. The van der Waals surface area contributed by atoms with Crippen molar-refractivity contribution >= 4 is 11.7 Å². The molecule has 1 fully saturated rings. The molecule has 1 amide bonds. The Kier molecular flexibility index (Phi) is 5.25. The van der Waals surface area contributed by atoms with Crippen molar-refractivity contribution in [3.05, 3.63) is 30.0 Å². The Bertz CT molecular complexity index is 706. The van der Waals surface area contributed by atoms with E-state index in [1.807, 2.05) is 17.9 Å². The van der Waals surface area contributed by atoms with E-state index < -0.39 is 0 Å². The van der Waals surface area contributed by atoms with Crippen molar-refractivity contribution in [2.75, 3.05) is 31.1 Å². The lowest BCUT2D eigenvalue weighted by Gasteiger charge is -2.35. The lowest BCUT2D eigenvalue weighted by molar-refractivity contribution is -0.131. The van der Waals surface area contributed by atoms with Gasteiger partial charge in [-0.2, -0.15) is 0 Å². The van der Waals surface area contributed by atoms with Crippen LogP contribution in [0.5, 0.6) is 0 Å². The summed E-state index contributed by atoms with van der Waals surface area (Å²) in [5.74, 6) is 2.31. The summed E-state index contributed by atoms with van der Waals surface area (Å²) in [4.78, 5) is 25.7. The van der Waals surface area contributed by atoms with E-state index in [-0.39, 0.29) is 5.91 Å². The minimum absolute atomic E-state index is 0.164. The summed E-state index contributed by atoms with van der Waals surface area (Å²) in [6.45, 7) is 9.80. The molecule has 0 spiro atoms. The van der Waals surface area contributed by atoms with Gasteiger partial charge in [0, 0.05) is 56.5 Å². The van der Waals surface area contributed by atoms with E-state index in [0.717, 1.165) is 43.5 Å². The summed E-state index contributed by atoms with van der Waals surface area (Å²) < 4.78 is 1.69. The van der Waals surface area contributed by atoms with Crippen molar-refractivity contribution in [2.24, 2.45) is 0 Å². The highest BCUT2D eigenvalue weighted by atomic mass is 16.2. The molecule has 8 nitrogen and oxygen atoms in total. The van der Waals surface area contributed by atoms with Crippen LogP contribution in [0.2, 0.25) is 0 Å². The second-order valence-corrected chi connectivity index (χ2v) is 6.66. The Balaban J connectivity index is 1.55.